The van der Waals surface area contributed by atoms with Crippen LogP contribution in [0.5, 0.6) is 0 Å². The molecular formula is C10H16N4O5S. The molecule has 0 amide bonds. The van der Waals surface area contributed by atoms with E-state index in [0.29, 0.717) is 5.16 Å². The Kier molecular flexibility index (Phi) is 4.50. The maximum Gasteiger partial charge on any atom is 0.277 e. The highest BCUT2D eigenvalue weighted by atomic mass is 32.2. The van der Waals surface area contributed by atoms with E-state index in [1.807, 2.05) is 0 Å². The quantitative estimate of drug-likeness (QED) is 0.273. The van der Waals surface area contributed by atoms with Crippen LogP contribution in [0.3, 0.4) is 0 Å². The Labute approximate surface area is 118 Å². The molecule has 1 aromatic heterocycles. The standard InChI is InChI=1S/C10H16N4O5S/c1-20-10-13-7(11)4(8(18)14-10)12-9-6(17)5(16)3(15)2-19-9/h3,5-6,9,12,15-17H,2H2,1H3,(H3,11,13,14,18)/t3-,5+,6+,9-/m1/s1. The smallest absolute Gasteiger partial charge is 0.277 e. The summed E-state index contributed by atoms with van der Waals surface area (Å²) in [6.07, 6.45) is -3.30. The molecule has 4 atom stereocenters. The van der Waals surface area contributed by atoms with Crippen LogP contribution in [0, 0.1) is 0 Å². The minimum absolute atomic E-state index is 0.0467. The van der Waals surface area contributed by atoms with Gasteiger partial charge in [-0.2, -0.15) is 0 Å². The number of aliphatic hydroxyl groups excluding tert-OH is 3. The first kappa shape index (κ1) is 15.1. The minimum Gasteiger partial charge on any atom is -0.388 e. The van der Waals surface area contributed by atoms with Gasteiger partial charge in [0.2, 0.25) is 0 Å². The van der Waals surface area contributed by atoms with Crippen LogP contribution in [0.25, 0.3) is 0 Å². The molecule has 20 heavy (non-hydrogen) atoms. The Balaban J connectivity index is 2.20. The summed E-state index contributed by atoms with van der Waals surface area (Å²) in [6, 6.07) is 0. The van der Waals surface area contributed by atoms with Crippen LogP contribution >= 0.6 is 11.8 Å². The van der Waals surface area contributed by atoms with Crippen molar-refractivity contribution in [3.63, 3.8) is 0 Å². The highest BCUT2D eigenvalue weighted by molar-refractivity contribution is 7.98. The van der Waals surface area contributed by atoms with Gasteiger partial charge in [0, 0.05) is 0 Å². The fourth-order valence-corrected chi connectivity index (χ4v) is 2.17. The second kappa shape index (κ2) is 5.97. The lowest BCUT2D eigenvalue weighted by atomic mass is 10.0. The predicted molar refractivity (Wildman–Crippen MR) is 72.4 cm³/mol. The van der Waals surface area contributed by atoms with Crippen molar-refractivity contribution in [2.24, 2.45) is 0 Å². The largest absolute Gasteiger partial charge is 0.388 e. The van der Waals surface area contributed by atoms with Crippen LogP contribution in [-0.2, 0) is 4.74 Å². The van der Waals surface area contributed by atoms with E-state index < -0.39 is 30.1 Å². The molecule has 0 aromatic carbocycles. The minimum atomic E-state index is -1.40. The number of anilines is 2. The molecule has 0 aliphatic carbocycles. The van der Waals surface area contributed by atoms with Gasteiger partial charge >= 0.3 is 0 Å². The summed E-state index contributed by atoms with van der Waals surface area (Å²) >= 11 is 1.22. The van der Waals surface area contributed by atoms with Crippen LogP contribution in [0.2, 0.25) is 0 Å². The van der Waals surface area contributed by atoms with Gasteiger partial charge in [0.25, 0.3) is 5.56 Å². The second-order valence-corrected chi connectivity index (χ2v) is 5.08. The first-order valence-corrected chi connectivity index (χ1v) is 7.02. The van der Waals surface area contributed by atoms with Gasteiger partial charge < -0.3 is 31.1 Å². The van der Waals surface area contributed by atoms with Gasteiger partial charge in [-0.1, -0.05) is 11.8 Å². The zero-order valence-corrected chi connectivity index (χ0v) is 11.4. The highest BCUT2D eigenvalue weighted by Crippen LogP contribution is 2.20. The van der Waals surface area contributed by atoms with E-state index in [2.05, 4.69) is 15.3 Å². The van der Waals surface area contributed by atoms with Gasteiger partial charge in [-0.05, 0) is 6.26 Å². The van der Waals surface area contributed by atoms with E-state index in [-0.39, 0.29) is 18.1 Å². The molecule has 0 unspecified atom stereocenters. The van der Waals surface area contributed by atoms with E-state index in [9.17, 15) is 20.1 Å². The van der Waals surface area contributed by atoms with Gasteiger partial charge in [-0.15, -0.1) is 0 Å². The fourth-order valence-electron chi connectivity index (χ4n) is 1.78. The fraction of sp³-hybridized carbons (Fsp3) is 0.600. The van der Waals surface area contributed by atoms with Gasteiger partial charge in [0.1, 0.15) is 24.0 Å². The lowest BCUT2D eigenvalue weighted by molar-refractivity contribution is -0.178. The van der Waals surface area contributed by atoms with Crippen molar-refractivity contribution in [3.05, 3.63) is 10.4 Å². The maximum absolute atomic E-state index is 11.8. The summed E-state index contributed by atoms with van der Waals surface area (Å²) < 4.78 is 5.13. The molecule has 2 heterocycles. The van der Waals surface area contributed by atoms with Crippen molar-refractivity contribution in [2.45, 2.75) is 29.7 Å². The van der Waals surface area contributed by atoms with Crippen molar-refractivity contribution < 1.29 is 20.1 Å². The molecule has 1 aromatic rings. The predicted octanol–water partition coefficient (Wildman–Crippen LogP) is -2.08. The third-order valence-corrected chi connectivity index (χ3v) is 3.49. The van der Waals surface area contributed by atoms with E-state index in [0.717, 1.165) is 0 Å². The number of hydrogen-bond acceptors (Lipinski definition) is 9. The number of H-pyrrole nitrogens is 1. The number of rotatable bonds is 3. The van der Waals surface area contributed by atoms with E-state index in [1.165, 1.54) is 11.8 Å². The van der Waals surface area contributed by atoms with Crippen LogP contribution < -0.4 is 16.6 Å². The number of thioether (sulfide) groups is 1. The zero-order valence-electron chi connectivity index (χ0n) is 10.6. The molecule has 2 rings (SSSR count). The van der Waals surface area contributed by atoms with Gasteiger partial charge in [0.05, 0.1) is 6.61 Å². The van der Waals surface area contributed by atoms with E-state index in [1.54, 1.807) is 6.26 Å². The van der Waals surface area contributed by atoms with E-state index in [4.69, 9.17) is 10.5 Å². The average Bonchev–Trinajstić information content (AvgIpc) is 2.42. The Morgan fingerprint density at radius 3 is 2.75 bits per heavy atom. The Morgan fingerprint density at radius 2 is 2.15 bits per heavy atom. The average molecular weight is 304 g/mol. The Morgan fingerprint density at radius 1 is 1.45 bits per heavy atom. The molecule has 112 valence electrons. The van der Waals surface area contributed by atoms with Crippen LogP contribution in [0.1, 0.15) is 0 Å². The molecule has 7 N–H and O–H groups in total. The topological polar surface area (TPSA) is 154 Å². The normalized spacial score (nSPS) is 30.2. The van der Waals surface area contributed by atoms with Gasteiger partial charge in [0.15, 0.2) is 17.2 Å². The molecule has 1 aliphatic rings. The van der Waals surface area contributed by atoms with Crippen molar-refractivity contribution in [1.29, 1.82) is 0 Å². The molecule has 1 aliphatic heterocycles. The van der Waals surface area contributed by atoms with Crippen LogP contribution in [-0.4, -0.2) is 62.7 Å². The molecule has 0 saturated carbocycles. The Hall–Kier alpha value is -1.33. The number of hydrogen-bond donors (Lipinski definition) is 6. The number of aliphatic hydroxyl groups is 3. The highest BCUT2D eigenvalue weighted by Gasteiger charge is 2.38. The van der Waals surface area contributed by atoms with Crippen LogP contribution in [0.15, 0.2) is 9.95 Å². The number of nitrogen functional groups attached to an aromatic ring is 1. The second-order valence-electron chi connectivity index (χ2n) is 4.28. The summed E-state index contributed by atoms with van der Waals surface area (Å²) in [4.78, 5) is 18.3. The number of ether oxygens (including phenoxy) is 1. The maximum atomic E-state index is 11.8. The van der Waals surface area contributed by atoms with Crippen molar-refractivity contribution in [3.8, 4) is 0 Å². The first-order chi connectivity index (χ1) is 9.43. The number of nitrogens with zero attached hydrogens (tertiary/aromatic N) is 1. The molecule has 10 heteroatoms. The molecular weight excluding hydrogens is 288 g/mol. The molecule has 1 saturated heterocycles. The number of aromatic nitrogens is 2. The molecule has 0 spiro atoms. The molecule has 0 bridgehead atoms. The monoisotopic (exact) mass is 304 g/mol. The third-order valence-electron chi connectivity index (χ3n) is 2.91. The zero-order chi connectivity index (χ0) is 14.9. The summed E-state index contributed by atoms with van der Waals surface area (Å²) in [5.41, 5.74) is 5.09. The van der Waals surface area contributed by atoms with Crippen molar-refractivity contribution in [1.82, 2.24) is 9.97 Å². The Bertz CT molecular complexity index is 539. The third kappa shape index (κ3) is 2.88. The van der Waals surface area contributed by atoms with Crippen molar-refractivity contribution in [2.75, 3.05) is 23.9 Å². The first-order valence-electron chi connectivity index (χ1n) is 5.80. The summed E-state index contributed by atoms with van der Waals surface area (Å²) in [6.45, 7) is -0.177. The number of aromatic amines is 1. The number of nitrogens with two attached hydrogens (primary N) is 1. The lowest BCUT2D eigenvalue weighted by Gasteiger charge is -2.35. The van der Waals surface area contributed by atoms with Crippen LogP contribution in [0.4, 0.5) is 11.5 Å². The SMILES string of the molecule is CSc1nc(N)c(N[C@@H]2OC[C@@H](O)[C@H](O)[C@@H]2O)c(=O)[nH]1. The summed E-state index contributed by atoms with van der Waals surface area (Å²) in [5.74, 6) is -0.0467. The van der Waals surface area contributed by atoms with Crippen molar-refractivity contribution >= 4 is 23.3 Å². The van der Waals surface area contributed by atoms with Gasteiger partial charge in [-0.25, -0.2) is 4.98 Å². The molecule has 1 fully saturated rings. The summed E-state index contributed by atoms with van der Waals surface area (Å²) in [7, 11) is 0. The van der Waals surface area contributed by atoms with Gasteiger partial charge in [-0.3, -0.25) is 9.78 Å². The lowest BCUT2D eigenvalue weighted by Crippen LogP contribution is -2.55. The van der Waals surface area contributed by atoms with E-state index >= 15 is 0 Å². The number of nitrogens with one attached hydrogen (secondary N) is 2. The molecule has 9 nitrogen and oxygen atoms in total. The molecule has 0 radical (unpaired) electrons. The summed E-state index contributed by atoms with van der Waals surface area (Å²) in [5, 5.41) is 31.6.